The molecule has 35 heavy (non-hydrogen) atoms. The Morgan fingerprint density at radius 2 is 1.23 bits per heavy atom. The van der Waals surface area contributed by atoms with E-state index < -0.39 is 28.0 Å². The SMILES string of the molecule is CCCC/C=C/CC/C=C/CC/C=C/C(O)C(CS(=O)(=O)O)NC(=O)CCCCCCCCCC. The van der Waals surface area contributed by atoms with Crippen LogP contribution < -0.4 is 5.32 Å². The van der Waals surface area contributed by atoms with Crippen LogP contribution in [0.15, 0.2) is 36.5 Å². The van der Waals surface area contributed by atoms with Gasteiger partial charge in [0.25, 0.3) is 10.1 Å². The molecule has 2 unspecified atom stereocenters. The summed E-state index contributed by atoms with van der Waals surface area (Å²) >= 11 is 0. The zero-order chi connectivity index (χ0) is 26.2. The third kappa shape index (κ3) is 24.0. The van der Waals surface area contributed by atoms with Gasteiger partial charge in [0.05, 0.1) is 17.9 Å². The van der Waals surface area contributed by atoms with Crippen molar-refractivity contribution in [3.63, 3.8) is 0 Å². The van der Waals surface area contributed by atoms with Crippen LogP contribution in [0, 0.1) is 0 Å². The minimum Gasteiger partial charge on any atom is -0.387 e. The molecular formula is C28H51NO5S. The quantitative estimate of drug-likeness (QED) is 0.0804. The van der Waals surface area contributed by atoms with Gasteiger partial charge in [0.15, 0.2) is 0 Å². The minimum atomic E-state index is -4.34. The number of carbonyl (C=O) groups excluding carboxylic acids is 1. The van der Waals surface area contributed by atoms with Gasteiger partial charge in [-0.3, -0.25) is 9.35 Å². The lowest BCUT2D eigenvalue weighted by Crippen LogP contribution is -2.46. The van der Waals surface area contributed by atoms with Crippen LogP contribution in [0.1, 0.15) is 117 Å². The van der Waals surface area contributed by atoms with Crippen LogP contribution in [0.3, 0.4) is 0 Å². The van der Waals surface area contributed by atoms with Gasteiger partial charge in [-0.15, -0.1) is 0 Å². The van der Waals surface area contributed by atoms with E-state index in [-0.39, 0.29) is 12.3 Å². The number of aliphatic hydroxyl groups is 1. The molecule has 204 valence electrons. The molecule has 0 saturated heterocycles. The van der Waals surface area contributed by atoms with Crippen molar-refractivity contribution in [2.24, 2.45) is 0 Å². The van der Waals surface area contributed by atoms with E-state index >= 15 is 0 Å². The first-order chi connectivity index (χ1) is 16.8. The summed E-state index contributed by atoms with van der Waals surface area (Å²) in [6.45, 7) is 4.38. The van der Waals surface area contributed by atoms with Gasteiger partial charge in [-0.05, 0) is 38.5 Å². The van der Waals surface area contributed by atoms with Gasteiger partial charge in [0.2, 0.25) is 5.91 Å². The van der Waals surface area contributed by atoms with Crippen molar-refractivity contribution in [2.45, 2.75) is 129 Å². The predicted molar refractivity (Wildman–Crippen MR) is 147 cm³/mol. The molecule has 0 rings (SSSR count). The van der Waals surface area contributed by atoms with Gasteiger partial charge in [-0.1, -0.05) is 108 Å². The Kier molecular flexibility index (Phi) is 22.0. The van der Waals surface area contributed by atoms with Gasteiger partial charge >= 0.3 is 0 Å². The summed E-state index contributed by atoms with van der Waals surface area (Å²) in [5.74, 6) is -1.02. The van der Waals surface area contributed by atoms with Crippen LogP contribution in [0.4, 0.5) is 0 Å². The van der Waals surface area contributed by atoms with E-state index in [1.165, 1.54) is 51.0 Å². The number of carbonyl (C=O) groups is 1. The third-order valence-electron chi connectivity index (χ3n) is 5.80. The van der Waals surface area contributed by atoms with Crippen molar-refractivity contribution in [1.82, 2.24) is 5.32 Å². The Bertz CT molecular complexity index is 700. The molecule has 0 aromatic heterocycles. The van der Waals surface area contributed by atoms with Crippen molar-refractivity contribution < 1.29 is 22.9 Å². The highest BCUT2D eigenvalue weighted by Crippen LogP contribution is 2.10. The standard InChI is InChI=1S/C28H51NO5S/c1-3-5-7-9-11-13-14-15-16-17-19-21-23-27(30)26(25-35(32,33)34)29-28(31)24-22-20-18-12-10-8-6-4-2/h9,11,15-16,21,23,26-27,30H,3-8,10,12-14,17-20,22,24-25H2,1-2H3,(H,29,31)(H,32,33,34)/b11-9+,16-15+,23-21+. The summed E-state index contributed by atoms with van der Waals surface area (Å²) in [7, 11) is -4.34. The average Bonchev–Trinajstić information content (AvgIpc) is 2.80. The zero-order valence-electron chi connectivity index (χ0n) is 22.2. The van der Waals surface area contributed by atoms with Crippen LogP contribution in [0.5, 0.6) is 0 Å². The lowest BCUT2D eigenvalue weighted by atomic mass is 10.1. The number of aliphatic hydroxyl groups excluding tert-OH is 1. The molecule has 0 bridgehead atoms. The summed E-state index contributed by atoms with van der Waals surface area (Å²) in [6, 6.07) is -1.07. The molecule has 0 aromatic carbocycles. The first kappa shape index (κ1) is 33.6. The Morgan fingerprint density at radius 1 is 0.743 bits per heavy atom. The van der Waals surface area contributed by atoms with E-state index in [1.54, 1.807) is 6.08 Å². The first-order valence-corrected chi connectivity index (χ1v) is 15.3. The van der Waals surface area contributed by atoms with Crippen LogP contribution in [0.25, 0.3) is 0 Å². The smallest absolute Gasteiger partial charge is 0.267 e. The van der Waals surface area contributed by atoms with Crippen LogP contribution in [-0.2, 0) is 14.9 Å². The largest absolute Gasteiger partial charge is 0.387 e. The Hall–Kier alpha value is -1.44. The molecule has 0 heterocycles. The number of hydrogen-bond donors (Lipinski definition) is 3. The van der Waals surface area contributed by atoms with Gasteiger partial charge < -0.3 is 10.4 Å². The fourth-order valence-corrected chi connectivity index (χ4v) is 4.43. The van der Waals surface area contributed by atoms with E-state index in [4.69, 9.17) is 0 Å². The number of allylic oxidation sites excluding steroid dienone is 5. The molecule has 0 saturated carbocycles. The molecule has 3 N–H and O–H groups in total. The fraction of sp³-hybridized carbons (Fsp3) is 0.750. The zero-order valence-corrected chi connectivity index (χ0v) is 23.0. The molecule has 0 aliphatic heterocycles. The molecular weight excluding hydrogens is 462 g/mol. The number of amides is 1. The van der Waals surface area contributed by atoms with E-state index in [1.807, 2.05) is 0 Å². The Morgan fingerprint density at radius 3 is 1.77 bits per heavy atom. The van der Waals surface area contributed by atoms with E-state index in [0.717, 1.165) is 44.9 Å². The van der Waals surface area contributed by atoms with Crippen molar-refractivity contribution >= 4 is 16.0 Å². The summed E-state index contributed by atoms with van der Waals surface area (Å²) in [6.07, 6.45) is 27.1. The third-order valence-corrected chi connectivity index (χ3v) is 6.58. The molecule has 0 fully saturated rings. The van der Waals surface area contributed by atoms with Gasteiger partial charge in [-0.2, -0.15) is 8.42 Å². The molecule has 0 aliphatic rings. The topological polar surface area (TPSA) is 104 Å². The normalized spacial score (nSPS) is 14.3. The van der Waals surface area contributed by atoms with Crippen LogP contribution >= 0.6 is 0 Å². The van der Waals surface area contributed by atoms with Crippen molar-refractivity contribution in [3.05, 3.63) is 36.5 Å². The maximum atomic E-state index is 12.3. The summed E-state index contributed by atoms with van der Waals surface area (Å²) in [4.78, 5) is 12.3. The summed E-state index contributed by atoms with van der Waals surface area (Å²) < 4.78 is 32.0. The maximum Gasteiger partial charge on any atom is 0.267 e. The van der Waals surface area contributed by atoms with Gasteiger partial charge in [-0.25, -0.2) is 0 Å². The molecule has 0 radical (unpaired) electrons. The summed E-state index contributed by atoms with van der Waals surface area (Å²) in [5.41, 5.74) is 0. The molecule has 7 heteroatoms. The molecule has 1 amide bonds. The summed E-state index contributed by atoms with van der Waals surface area (Å²) in [5, 5.41) is 13.0. The maximum absolute atomic E-state index is 12.3. The molecule has 0 aromatic rings. The highest BCUT2D eigenvalue weighted by atomic mass is 32.2. The monoisotopic (exact) mass is 513 g/mol. The number of unbranched alkanes of at least 4 members (excludes halogenated alkanes) is 11. The van der Waals surface area contributed by atoms with Crippen molar-refractivity contribution in [2.75, 3.05) is 5.75 Å². The lowest BCUT2D eigenvalue weighted by molar-refractivity contribution is -0.122. The number of hydrogen-bond acceptors (Lipinski definition) is 4. The highest BCUT2D eigenvalue weighted by Gasteiger charge is 2.24. The molecule has 2 atom stereocenters. The Labute approximate surface area is 215 Å². The van der Waals surface area contributed by atoms with Crippen molar-refractivity contribution in [3.8, 4) is 0 Å². The fourth-order valence-electron chi connectivity index (χ4n) is 3.70. The van der Waals surface area contributed by atoms with E-state index in [9.17, 15) is 22.9 Å². The van der Waals surface area contributed by atoms with E-state index in [0.29, 0.717) is 6.42 Å². The Balaban J connectivity index is 4.29. The first-order valence-electron chi connectivity index (χ1n) is 13.7. The van der Waals surface area contributed by atoms with Gasteiger partial charge in [0, 0.05) is 6.42 Å². The second-order valence-electron chi connectivity index (χ2n) is 9.31. The van der Waals surface area contributed by atoms with Crippen LogP contribution in [0.2, 0.25) is 0 Å². The second kappa shape index (κ2) is 23.0. The van der Waals surface area contributed by atoms with Crippen LogP contribution in [-0.4, -0.2) is 41.9 Å². The lowest BCUT2D eigenvalue weighted by Gasteiger charge is -2.21. The number of rotatable bonds is 23. The highest BCUT2D eigenvalue weighted by molar-refractivity contribution is 7.85. The predicted octanol–water partition coefficient (Wildman–Crippen LogP) is 6.67. The average molecular weight is 514 g/mol. The second-order valence-corrected chi connectivity index (χ2v) is 10.8. The molecule has 0 spiro atoms. The van der Waals surface area contributed by atoms with Crippen molar-refractivity contribution in [1.29, 1.82) is 0 Å². The minimum absolute atomic E-state index is 0.284. The van der Waals surface area contributed by atoms with E-state index in [2.05, 4.69) is 43.5 Å². The molecule has 6 nitrogen and oxygen atoms in total. The number of nitrogens with one attached hydrogen (secondary N) is 1. The molecule has 0 aliphatic carbocycles. The van der Waals surface area contributed by atoms with Gasteiger partial charge in [0.1, 0.15) is 0 Å².